The first-order valence-corrected chi connectivity index (χ1v) is 6.96. The van der Waals surface area contributed by atoms with Gasteiger partial charge in [0.1, 0.15) is 5.82 Å². The normalized spacial score (nSPS) is 12.7. The third kappa shape index (κ3) is 2.76. The molecule has 0 bridgehead atoms. The summed E-state index contributed by atoms with van der Waals surface area (Å²) in [5, 5.41) is 5.33. The Bertz CT molecular complexity index is 524. The van der Waals surface area contributed by atoms with Crippen LogP contribution in [0, 0.1) is 12.7 Å². The zero-order valence-corrected chi connectivity index (χ0v) is 12.0. The lowest BCUT2D eigenvalue weighted by molar-refractivity contribution is 0.611. The van der Waals surface area contributed by atoms with Gasteiger partial charge in [-0.3, -0.25) is 0 Å². The topological polar surface area (TPSA) is 12.0 Å². The molecule has 2 rings (SSSR count). The van der Waals surface area contributed by atoms with E-state index in [0.29, 0.717) is 4.47 Å². The SMILES string of the molecule is CNC(c1csc(C)c1)c1ccc(Br)c(F)c1. The van der Waals surface area contributed by atoms with E-state index in [2.05, 4.69) is 39.6 Å². The van der Waals surface area contributed by atoms with Crippen molar-refractivity contribution in [2.75, 3.05) is 7.05 Å². The van der Waals surface area contributed by atoms with E-state index >= 15 is 0 Å². The van der Waals surface area contributed by atoms with Crippen molar-refractivity contribution >= 4 is 27.3 Å². The molecule has 0 aliphatic carbocycles. The van der Waals surface area contributed by atoms with Crippen molar-refractivity contribution < 1.29 is 4.39 Å². The fourth-order valence-corrected chi connectivity index (χ4v) is 2.81. The van der Waals surface area contributed by atoms with Crippen LogP contribution >= 0.6 is 27.3 Å². The number of rotatable bonds is 3. The molecule has 4 heteroatoms. The molecule has 1 aromatic carbocycles. The van der Waals surface area contributed by atoms with Gasteiger partial charge in [-0.2, -0.15) is 0 Å². The summed E-state index contributed by atoms with van der Waals surface area (Å²) in [4.78, 5) is 1.26. The van der Waals surface area contributed by atoms with Crippen molar-refractivity contribution in [1.82, 2.24) is 5.32 Å². The van der Waals surface area contributed by atoms with Gasteiger partial charge in [0.2, 0.25) is 0 Å². The summed E-state index contributed by atoms with van der Waals surface area (Å²) in [6.07, 6.45) is 0. The predicted octanol–water partition coefficient (Wildman–Crippen LogP) is 4.27. The highest BCUT2D eigenvalue weighted by Crippen LogP contribution is 2.28. The number of nitrogens with one attached hydrogen (secondary N) is 1. The molecule has 0 saturated heterocycles. The number of thiophene rings is 1. The second kappa shape index (κ2) is 5.29. The van der Waals surface area contributed by atoms with Crippen LogP contribution in [0.1, 0.15) is 22.0 Å². The first kappa shape index (κ1) is 12.7. The molecule has 0 spiro atoms. The Morgan fingerprint density at radius 3 is 2.59 bits per heavy atom. The number of hydrogen-bond acceptors (Lipinski definition) is 2. The maximum absolute atomic E-state index is 13.5. The third-order valence-corrected chi connectivity index (χ3v) is 4.17. The summed E-state index contributed by atoms with van der Waals surface area (Å²) in [7, 11) is 1.89. The molecule has 0 aliphatic rings. The first-order valence-electron chi connectivity index (χ1n) is 5.29. The Hall–Kier alpha value is -0.710. The highest BCUT2D eigenvalue weighted by molar-refractivity contribution is 9.10. The van der Waals surface area contributed by atoms with Gasteiger partial charge >= 0.3 is 0 Å². The van der Waals surface area contributed by atoms with E-state index in [4.69, 9.17) is 0 Å². The van der Waals surface area contributed by atoms with Crippen LogP contribution in [0.3, 0.4) is 0 Å². The van der Waals surface area contributed by atoms with Gasteiger partial charge in [0, 0.05) is 4.88 Å². The van der Waals surface area contributed by atoms with Gasteiger partial charge in [-0.15, -0.1) is 11.3 Å². The van der Waals surface area contributed by atoms with Gasteiger partial charge in [0.05, 0.1) is 10.5 Å². The van der Waals surface area contributed by atoms with Crippen LogP contribution < -0.4 is 5.32 Å². The Kier molecular flexibility index (Phi) is 3.97. The molecule has 1 heterocycles. The Morgan fingerprint density at radius 1 is 1.29 bits per heavy atom. The van der Waals surface area contributed by atoms with Gasteiger partial charge in [-0.25, -0.2) is 4.39 Å². The summed E-state index contributed by atoms with van der Waals surface area (Å²) < 4.78 is 14.0. The molecule has 1 atom stereocenters. The van der Waals surface area contributed by atoms with E-state index in [1.54, 1.807) is 23.5 Å². The van der Waals surface area contributed by atoms with Gasteiger partial charge in [0.15, 0.2) is 0 Å². The second-order valence-corrected chi connectivity index (χ2v) is 5.86. The van der Waals surface area contributed by atoms with Crippen molar-refractivity contribution in [3.8, 4) is 0 Å². The monoisotopic (exact) mass is 313 g/mol. The lowest BCUT2D eigenvalue weighted by Crippen LogP contribution is -2.17. The van der Waals surface area contributed by atoms with E-state index in [0.717, 1.165) is 5.56 Å². The van der Waals surface area contributed by atoms with Crippen molar-refractivity contribution in [2.45, 2.75) is 13.0 Å². The molecule has 17 heavy (non-hydrogen) atoms. The van der Waals surface area contributed by atoms with Crippen molar-refractivity contribution in [2.24, 2.45) is 0 Å². The van der Waals surface area contributed by atoms with Crippen molar-refractivity contribution in [3.63, 3.8) is 0 Å². The summed E-state index contributed by atoms with van der Waals surface area (Å²) >= 11 is 4.87. The van der Waals surface area contributed by atoms with Crippen LogP contribution in [0.25, 0.3) is 0 Å². The molecule has 2 aromatic rings. The van der Waals surface area contributed by atoms with Crippen molar-refractivity contribution in [1.29, 1.82) is 0 Å². The minimum atomic E-state index is -0.227. The molecule has 1 aromatic heterocycles. The van der Waals surface area contributed by atoms with E-state index in [9.17, 15) is 4.39 Å². The highest BCUT2D eigenvalue weighted by Gasteiger charge is 2.14. The lowest BCUT2D eigenvalue weighted by atomic mass is 10.0. The average molecular weight is 314 g/mol. The minimum absolute atomic E-state index is 0.0440. The predicted molar refractivity (Wildman–Crippen MR) is 74.1 cm³/mol. The summed E-state index contributed by atoms with van der Waals surface area (Å²) in [6, 6.07) is 7.42. The number of benzene rings is 1. The molecule has 1 nitrogen and oxygen atoms in total. The molecule has 0 amide bonds. The van der Waals surface area contributed by atoms with Gasteiger partial charge < -0.3 is 5.32 Å². The molecular formula is C13H13BrFNS. The molecule has 0 fully saturated rings. The van der Waals surface area contributed by atoms with Crippen LogP contribution in [0.2, 0.25) is 0 Å². The summed E-state index contributed by atoms with van der Waals surface area (Å²) in [6.45, 7) is 2.07. The maximum atomic E-state index is 13.5. The standard InChI is InChI=1S/C13H13BrFNS/c1-8-5-10(7-17-8)13(16-2)9-3-4-11(14)12(15)6-9/h3-7,13,16H,1-2H3. The van der Waals surface area contributed by atoms with Crippen LogP contribution in [-0.2, 0) is 0 Å². The molecule has 1 N–H and O–H groups in total. The van der Waals surface area contributed by atoms with Gasteiger partial charge in [0.25, 0.3) is 0 Å². The van der Waals surface area contributed by atoms with E-state index in [1.165, 1.54) is 10.4 Å². The average Bonchev–Trinajstić information content (AvgIpc) is 2.71. The molecular weight excluding hydrogens is 301 g/mol. The highest BCUT2D eigenvalue weighted by atomic mass is 79.9. The number of aryl methyl sites for hydroxylation is 1. The number of hydrogen-bond donors (Lipinski definition) is 1. The fourth-order valence-electron chi connectivity index (χ4n) is 1.83. The quantitative estimate of drug-likeness (QED) is 0.892. The van der Waals surface area contributed by atoms with Crippen LogP contribution in [0.5, 0.6) is 0 Å². The molecule has 0 saturated carbocycles. The van der Waals surface area contributed by atoms with Crippen LogP contribution in [0.15, 0.2) is 34.1 Å². The summed E-state index contributed by atoms with van der Waals surface area (Å²) in [5.41, 5.74) is 2.11. The lowest BCUT2D eigenvalue weighted by Gasteiger charge is -2.15. The van der Waals surface area contributed by atoms with Crippen LogP contribution in [0.4, 0.5) is 4.39 Å². The fraction of sp³-hybridized carbons (Fsp3) is 0.231. The Labute approximate surface area is 113 Å². The minimum Gasteiger partial charge on any atom is -0.309 e. The third-order valence-electron chi connectivity index (χ3n) is 2.65. The van der Waals surface area contributed by atoms with E-state index in [1.807, 2.05) is 13.1 Å². The zero-order chi connectivity index (χ0) is 12.4. The van der Waals surface area contributed by atoms with Gasteiger partial charge in [-0.05, 0) is 64.6 Å². The summed E-state index contributed by atoms with van der Waals surface area (Å²) in [5.74, 6) is -0.227. The van der Waals surface area contributed by atoms with E-state index < -0.39 is 0 Å². The van der Waals surface area contributed by atoms with Crippen molar-refractivity contribution in [3.05, 3.63) is 55.9 Å². The molecule has 1 unspecified atom stereocenters. The Balaban J connectivity index is 2.38. The maximum Gasteiger partial charge on any atom is 0.137 e. The first-order chi connectivity index (χ1) is 8.11. The molecule has 90 valence electrons. The number of halogens is 2. The molecule has 0 aliphatic heterocycles. The second-order valence-electron chi connectivity index (χ2n) is 3.89. The van der Waals surface area contributed by atoms with Crippen LogP contribution in [-0.4, -0.2) is 7.05 Å². The molecule has 0 radical (unpaired) electrons. The zero-order valence-electron chi connectivity index (χ0n) is 9.63. The smallest absolute Gasteiger partial charge is 0.137 e. The largest absolute Gasteiger partial charge is 0.309 e. The Morgan fingerprint density at radius 2 is 2.06 bits per heavy atom. The van der Waals surface area contributed by atoms with E-state index in [-0.39, 0.29) is 11.9 Å². The van der Waals surface area contributed by atoms with Gasteiger partial charge in [-0.1, -0.05) is 6.07 Å².